The van der Waals surface area contributed by atoms with E-state index in [1.807, 2.05) is 47.8 Å². The number of carbonyl (C=O) groups is 1. The third kappa shape index (κ3) is 4.60. The molecule has 36 heavy (non-hydrogen) atoms. The molecule has 1 aliphatic carbocycles. The maximum Gasteiger partial charge on any atom is 0.325 e. The van der Waals surface area contributed by atoms with Crippen LogP contribution >= 0.6 is 34.3 Å². The van der Waals surface area contributed by atoms with Crippen molar-refractivity contribution >= 4 is 50.3 Å². The van der Waals surface area contributed by atoms with Crippen molar-refractivity contribution in [1.29, 1.82) is 0 Å². The molecule has 5 rings (SSSR count). The van der Waals surface area contributed by atoms with Crippen molar-refractivity contribution in [2.45, 2.75) is 28.1 Å². The van der Waals surface area contributed by atoms with Gasteiger partial charge in [0.1, 0.15) is 14.8 Å². The monoisotopic (exact) mass is 559 g/mol. The molecule has 1 aliphatic rings. The quantitative estimate of drug-likeness (QED) is 0.258. The first kappa shape index (κ1) is 25.1. The SMILES string of the molecule is O=C(O)C1(NS(=O)(=O)c2ccc(-c3ccc(Cl)cc3)s2)CC1(CNCc1nccs1)c1ccccc1. The van der Waals surface area contributed by atoms with Crippen LogP contribution in [0.1, 0.15) is 17.0 Å². The molecule has 2 unspecified atom stereocenters. The van der Waals surface area contributed by atoms with E-state index >= 15 is 0 Å². The predicted octanol–water partition coefficient (Wildman–Crippen LogP) is 4.76. The molecule has 2 aromatic carbocycles. The molecular formula is C25H22ClN3O4S3. The number of nitrogens with zero attached hydrogens (tertiary/aromatic N) is 1. The summed E-state index contributed by atoms with van der Waals surface area (Å²) in [6.45, 7) is 0.732. The summed E-state index contributed by atoms with van der Waals surface area (Å²) in [5.74, 6) is -1.21. The zero-order valence-corrected chi connectivity index (χ0v) is 22.1. The van der Waals surface area contributed by atoms with Gasteiger partial charge in [-0.2, -0.15) is 4.72 Å². The molecule has 2 aromatic heterocycles. The summed E-state index contributed by atoms with van der Waals surface area (Å²) in [6.07, 6.45) is 1.83. The number of thiazole rings is 1. The van der Waals surface area contributed by atoms with Crippen molar-refractivity contribution in [3.05, 3.63) is 93.9 Å². The van der Waals surface area contributed by atoms with Gasteiger partial charge in [-0.05, 0) is 41.8 Å². The number of hydrogen-bond acceptors (Lipinski definition) is 7. The van der Waals surface area contributed by atoms with Crippen LogP contribution in [-0.2, 0) is 26.8 Å². The van der Waals surface area contributed by atoms with Gasteiger partial charge in [0.15, 0.2) is 0 Å². The average Bonchev–Trinajstić information content (AvgIpc) is 3.26. The van der Waals surface area contributed by atoms with Gasteiger partial charge in [0.2, 0.25) is 0 Å². The van der Waals surface area contributed by atoms with Crippen LogP contribution in [0.5, 0.6) is 0 Å². The Kier molecular flexibility index (Phi) is 6.75. The highest BCUT2D eigenvalue weighted by Crippen LogP contribution is 2.58. The minimum Gasteiger partial charge on any atom is -0.480 e. The van der Waals surface area contributed by atoms with Crippen LogP contribution < -0.4 is 10.0 Å². The van der Waals surface area contributed by atoms with Gasteiger partial charge in [0.05, 0.1) is 0 Å². The van der Waals surface area contributed by atoms with Crippen molar-refractivity contribution in [3.63, 3.8) is 0 Å². The Morgan fingerprint density at radius 2 is 1.83 bits per heavy atom. The van der Waals surface area contributed by atoms with Crippen molar-refractivity contribution in [2.24, 2.45) is 0 Å². The first-order valence-corrected chi connectivity index (χ1v) is 14.6. The Hall–Kier alpha value is -2.60. The average molecular weight is 560 g/mol. The van der Waals surface area contributed by atoms with E-state index in [9.17, 15) is 18.3 Å². The Morgan fingerprint density at radius 3 is 2.50 bits per heavy atom. The van der Waals surface area contributed by atoms with Crippen LogP contribution in [0.15, 0.2) is 82.5 Å². The molecule has 0 radical (unpaired) electrons. The van der Waals surface area contributed by atoms with Crippen molar-refractivity contribution in [2.75, 3.05) is 6.54 Å². The highest BCUT2D eigenvalue weighted by atomic mass is 35.5. The number of carboxylic acids is 1. The van der Waals surface area contributed by atoms with Crippen LogP contribution in [0.2, 0.25) is 5.02 Å². The summed E-state index contributed by atoms with van der Waals surface area (Å²) in [7, 11) is -4.12. The van der Waals surface area contributed by atoms with E-state index in [0.29, 0.717) is 11.6 Å². The molecule has 186 valence electrons. The van der Waals surface area contributed by atoms with E-state index in [1.165, 1.54) is 17.4 Å². The molecule has 1 fully saturated rings. The van der Waals surface area contributed by atoms with Gasteiger partial charge in [0, 0.05) is 40.0 Å². The van der Waals surface area contributed by atoms with Crippen molar-refractivity contribution in [3.8, 4) is 10.4 Å². The molecule has 7 nitrogen and oxygen atoms in total. The molecule has 11 heteroatoms. The smallest absolute Gasteiger partial charge is 0.325 e. The molecule has 0 amide bonds. The largest absolute Gasteiger partial charge is 0.480 e. The summed E-state index contributed by atoms with van der Waals surface area (Å²) >= 11 is 8.54. The van der Waals surface area contributed by atoms with E-state index in [2.05, 4.69) is 15.0 Å². The van der Waals surface area contributed by atoms with Gasteiger partial charge in [0.25, 0.3) is 10.0 Å². The topological polar surface area (TPSA) is 108 Å². The molecule has 2 heterocycles. The second-order valence-corrected chi connectivity index (χ2v) is 13.0. The number of aliphatic carboxylic acids is 1. The van der Waals surface area contributed by atoms with Crippen LogP contribution in [-0.4, -0.2) is 36.6 Å². The highest BCUT2D eigenvalue weighted by Gasteiger charge is 2.74. The van der Waals surface area contributed by atoms with E-state index < -0.39 is 26.9 Å². The molecule has 0 saturated heterocycles. The number of rotatable bonds is 10. The van der Waals surface area contributed by atoms with Gasteiger partial charge in [-0.25, -0.2) is 13.4 Å². The van der Waals surface area contributed by atoms with Gasteiger partial charge < -0.3 is 10.4 Å². The van der Waals surface area contributed by atoms with Crippen molar-refractivity contribution < 1.29 is 18.3 Å². The fourth-order valence-corrected chi connectivity index (χ4v) is 7.97. The Labute approximate surface area is 221 Å². The minimum absolute atomic E-state index is 0.0534. The molecule has 4 aromatic rings. The second-order valence-electron chi connectivity index (χ2n) is 8.60. The molecule has 1 saturated carbocycles. The number of benzene rings is 2. The molecule has 0 bridgehead atoms. The number of sulfonamides is 1. The number of halogens is 1. The van der Waals surface area contributed by atoms with Gasteiger partial charge in [-0.3, -0.25) is 4.79 Å². The Bertz CT molecular complexity index is 1470. The molecule has 0 spiro atoms. The summed E-state index contributed by atoms with van der Waals surface area (Å²) in [5.41, 5.74) is -1.06. The molecular weight excluding hydrogens is 538 g/mol. The van der Waals surface area contributed by atoms with E-state index in [4.69, 9.17) is 11.6 Å². The molecule has 0 aliphatic heterocycles. The summed E-state index contributed by atoms with van der Waals surface area (Å²) in [6, 6.07) is 19.5. The zero-order valence-electron chi connectivity index (χ0n) is 18.8. The molecule has 3 N–H and O–H groups in total. The molecule has 2 atom stereocenters. The lowest BCUT2D eigenvalue weighted by molar-refractivity contribution is -0.140. The summed E-state index contributed by atoms with van der Waals surface area (Å²) in [5, 5.41) is 17.0. The maximum absolute atomic E-state index is 13.5. The zero-order chi connectivity index (χ0) is 25.4. The predicted molar refractivity (Wildman–Crippen MR) is 142 cm³/mol. The van der Waals surface area contributed by atoms with Gasteiger partial charge >= 0.3 is 5.97 Å². The number of nitrogens with one attached hydrogen (secondary N) is 2. The minimum atomic E-state index is -4.12. The lowest BCUT2D eigenvalue weighted by atomic mass is 9.90. The highest BCUT2D eigenvalue weighted by molar-refractivity contribution is 7.91. The third-order valence-corrected chi connectivity index (χ3v) is 10.6. The maximum atomic E-state index is 13.5. The lowest BCUT2D eigenvalue weighted by Gasteiger charge is -2.24. The lowest BCUT2D eigenvalue weighted by Crippen LogP contribution is -2.51. The standard InChI is InChI=1S/C25H22ClN3O4S3/c26-19-8-6-17(7-9-19)20-10-11-22(35-20)36(32,33)29-25(23(30)31)15-24(25,18-4-2-1-3-5-18)16-27-14-21-28-12-13-34-21/h1-13,27,29H,14-16H2,(H,30,31). The van der Waals surface area contributed by atoms with Gasteiger partial charge in [-0.15, -0.1) is 22.7 Å². The van der Waals surface area contributed by atoms with Crippen molar-refractivity contribution in [1.82, 2.24) is 15.0 Å². The number of thiophene rings is 1. The summed E-state index contributed by atoms with van der Waals surface area (Å²) < 4.78 is 29.5. The van der Waals surface area contributed by atoms with Crippen LogP contribution in [0.4, 0.5) is 0 Å². The third-order valence-electron chi connectivity index (χ3n) is 6.42. The Morgan fingerprint density at radius 1 is 1.08 bits per heavy atom. The van der Waals surface area contributed by atoms with E-state index in [-0.39, 0.29) is 17.2 Å². The number of hydrogen-bond donors (Lipinski definition) is 3. The first-order chi connectivity index (χ1) is 17.3. The fourth-order valence-electron chi connectivity index (χ4n) is 4.52. The van der Waals surface area contributed by atoms with Crippen LogP contribution in [0.3, 0.4) is 0 Å². The van der Waals surface area contributed by atoms with Crippen LogP contribution in [0, 0.1) is 0 Å². The Balaban J connectivity index is 1.44. The second kappa shape index (κ2) is 9.70. The fraction of sp³-hybridized carbons (Fsp3) is 0.200. The number of carboxylic acid groups (broad SMARTS) is 1. The summed E-state index contributed by atoms with van der Waals surface area (Å²) in [4.78, 5) is 17.7. The normalized spacial score (nSPS) is 21.4. The van der Waals surface area contributed by atoms with E-state index in [1.54, 1.807) is 24.4 Å². The van der Waals surface area contributed by atoms with Crippen LogP contribution in [0.25, 0.3) is 10.4 Å². The number of aromatic nitrogens is 1. The van der Waals surface area contributed by atoms with Gasteiger partial charge in [-0.1, -0.05) is 54.1 Å². The first-order valence-electron chi connectivity index (χ1n) is 11.0. The van der Waals surface area contributed by atoms with E-state index in [0.717, 1.165) is 32.3 Å².